The topological polar surface area (TPSA) is 63.2 Å². The van der Waals surface area contributed by atoms with Crippen molar-refractivity contribution in [3.8, 4) is 0 Å². The molecule has 0 aliphatic heterocycles. The highest BCUT2D eigenvalue weighted by atomic mass is 35.5. The summed E-state index contributed by atoms with van der Waals surface area (Å²) in [5, 5.41) is 2.30. The van der Waals surface area contributed by atoms with Crippen LogP contribution in [0, 0.1) is 0 Å². The number of hydrogen-bond donors (Lipinski definition) is 1. The van der Waals surface area contributed by atoms with Crippen molar-refractivity contribution in [2.24, 2.45) is 0 Å². The van der Waals surface area contributed by atoms with Crippen LogP contribution in [0.15, 0.2) is 12.1 Å². The van der Waals surface area contributed by atoms with Crippen LogP contribution in [-0.4, -0.2) is 25.3 Å². The van der Waals surface area contributed by atoms with Gasteiger partial charge in [-0.25, -0.2) is 8.42 Å². The molecule has 0 bridgehead atoms. The summed E-state index contributed by atoms with van der Waals surface area (Å²) in [4.78, 5) is 12.3. The Bertz CT molecular complexity index is 641. The van der Waals surface area contributed by atoms with Gasteiger partial charge in [0, 0.05) is 10.7 Å². The van der Waals surface area contributed by atoms with E-state index < -0.39 is 21.0 Å². The van der Waals surface area contributed by atoms with Crippen LogP contribution in [0.4, 0.5) is 5.69 Å². The van der Waals surface area contributed by atoms with Crippen LogP contribution >= 0.6 is 11.6 Å². The molecule has 124 valence electrons. The zero-order chi connectivity index (χ0) is 16.9. The normalized spacial score (nSPS) is 13.0. The van der Waals surface area contributed by atoms with Gasteiger partial charge in [0.15, 0.2) is 9.84 Å². The average Bonchev–Trinajstić information content (AvgIpc) is 2.46. The first-order chi connectivity index (χ1) is 10.3. The second kappa shape index (κ2) is 7.97. The number of aryl methyl sites for hydroxylation is 1. The maximum atomic E-state index is 12.3. The summed E-state index contributed by atoms with van der Waals surface area (Å²) < 4.78 is 24.1. The largest absolute Gasteiger partial charge is 0.324 e. The Hall–Kier alpha value is -1.07. The summed E-state index contributed by atoms with van der Waals surface area (Å²) in [5.74, 6) is -0.488. The van der Waals surface area contributed by atoms with Gasteiger partial charge < -0.3 is 5.32 Å². The summed E-state index contributed by atoms with van der Waals surface area (Å²) in [7, 11) is -3.42. The predicted molar refractivity (Wildman–Crippen MR) is 92.4 cm³/mol. The first kappa shape index (κ1) is 19.0. The fraction of sp³-hybridized carbons (Fsp3) is 0.562. The highest BCUT2D eigenvalue weighted by Crippen LogP contribution is 2.29. The summed E-state index contributed by atoms with van der Waals surface area (Å²) in [6.07, 6.45) is 1.89. The third kappa shape index (κ3) is 4.23. The lowest BCUT2D eigenvalue weighted by Crippen LogP contribution is -2.34. The van der Waals surface area contributed by atoms with Gasteiger partial charge in [-0.3, -0.25) is 4.79 Å². The number of halogens is 1. The molecule has 0 saturated carbocycles. The third-order valence-corrected chi connectivity index (χ3v) is 6.34. The van der Waals surface area contributed by atoms with E-state index in [-0.39, 0.29) is 5.75 Å². The van der Waals surface area contributed by atoms with Gasteiger partial charge in [0.25, 0.3) is 0 Å². The average molecular weight is 346 g/mol. The van der Waals surface area contributed by atoms with Crippen LogP contribution in [-0.2, 0) is 27.5 Å². The van der Waals surface area contributed by atoms with Gasteiger partial charge in [-0.1, -0.05) is 38.4 Å². The van der Waals surface area contributed by atoms with Crippen molar-refractivity contribution in [3.05, 3.63) is 28.3 Å². The second-order valence-corrected chi connectivity index (χ2v) is 8.11. The van der Waals surface area contributed by atoms with Crippen molar-refractivity contribution in [2.75, 3.05) is 11.1 Å². The molecule has 0 heterocycles. The molecule has 0 saturated heterocycles. The number of hydrogen-bond acceptors (Lipinski definition) is 3. The number of anilines is 1. The van der Waals surface area contributed by atoms with Gasteiger partial charge in [0.1, 0.15) is 5.25 Å². The molecule has 0 aliphatic carbocycles. The first-order valence-electron chi connectivity index (χ1n) is 7.61. The molecule has 1 aromatic rings. The monoisotopic (exact) mass is 345 g/mol. The van der Waals surface area contributed by atoms with Crippen molar-refractivity contribution in [3.63, 3.8) is 0 Å². The van der Waals surface area contributed by atoms with Crippen molar-refractivity contribution in [2.45, 2.75) is 52.2 Å². The number of benzene rings is 1. The van der Waals surface area contributed by atoms with Gasteiger partial charge in [-0.05, 0) is 43.4 Å². The zero-order valence-electron chi connectivity index (χ0n) is 13.6. The SMILES string of the molecule is CCCS(=O)(=O)[C@@H](C)C(=O)Nc1c(CC)ccc(Cl)c1CC. The second-order valence-electron chi connectivity index (χ2n) is 5.27. The Morgan fingerprint density at radius 1 is 1.23 bits per heavy atom. The van der Waals surface area contributed by atoms with E-state index in [1.54, 1.807) is 6.92 Å². The number of carbonyl (C=O) groups is 1. The molecule has 6 heteroatoms. The molecule has 4 nitrogen and oxygen atoms in total. The zero-order valence-corrected chi connectivity index (χ0v) is 15.1. The highest BCUT2D eigenvalue weighted by Gasteiger charge is 2.28. The molecular formula is C16H24ClNO3S. The standard InChI is InChI=1S/C16H24ClNO3S/c1-5-10-22(20,21)11(4)16(19)18-15-12(6-2)8-9-14(17)13(15)7-3/h8-9,11H,5-7,10H2,1-4H3,(H,18,19)/t11-/m0/s1. The molecule has 1 atom stereocenters. The van der Waals surface area contributed by atoms with Crippen LogP contribution in [0.1, 0.15) is 45.2 Å². The molecule has 0 fully saturated rings. The number of rotatable bonds is 7. The Morgan fingerprint density at radius 2 is 1.86 bits per heavy atom. The van der Waals surface area contributed by atoms with E-state index in [2.05, 4.69) is 5.32 Å². The van der Waals surface area contributed by atoms with Gasteiger partial charge in [0.2, 0.25) is 5.91 Å². The van der Waals surface area contributed by atoms with Gasteiger partial charge >= 0.3 is 0 Å². The van der Waals surface area contributed by atoms with E-state index in [0.717, 1.165) is 17.5 Å². The minimum atomic E-state index is -3.42. The van der Waals surface area contributed by atoms with E-state index >= 15 is 0 Å². The number of nitrogens with one attached hydrogen (secondary N) is 1. The van der Waals surface area contributed by atoms with Crippen molar-refractivity contribution in [1.29, 1.82) is 0 Å². The van der Waals surface area contributed by atoms with Crippen LogP contribution < -0.4 is 5.32 Å². The third-order valence-electron chi connectivity index (χ3n) is 3.72. The molecule has 1 N–H and O–H groups in total. The van der Waals surface area contributed by atoms with Gasteiger partial charge in [0.05, 0.1) is 5.75 Å². The predicted octanol–water partition coefficient (Wildman–Crippen LogP) is 3.62. The molecule has 0 unspecified atom stereocenters. The van der Waals surface area contributed by atoms with E-state index in [0.29, 0.717) is 23.6 Å². The summed E-state index contributed by atoms with van der Waals surface area (Å²) in [6, 6.07) is 3.68. The summed E-state index contributed by atoms with van der Waals surface area (Å²) >= 11 is 6.19. The smallest absolute Gasteiger partial charge is 0.242 e. The van der Waals surface area contributed by atoms with Crippen LogP contribution in [0.3, 0.4) is 0 Å². The molecule has 22 heavy (non-hydrogen) atoms. The number of sulfone groups is 1. The van der Waals surface area contributed by atoms with E-state index in [9.17, 15) is 13.2 Å². The summed E-state index contributed by atoms with van der Waals surface area (Å²) in [5.41, 5.74) is 2.45. The van der Waals surface area contributed by atoms with Crippen LogP contribution in [0.2, 0.25) is 5.02 Å². The lowest BCUT2D eigenvalue weighted by atomic mass is 10.0. The van der Waals surface area contributed by atoms with E-state index in [4.69, 9.17) is 11.6 Å². The molecule has 1 rings (SSSR count). The number of carbonyl (C=O) groups excluding carboxylic acids is 1. The maximum Gasteiger partial charge on any atom is 0.242 e. The van der Waals surface area contributed by atoms with E-state index in [1.165, 1.54) is 6.92 Å². The van der Waals surface area contributed by atoms with Crippen molar-refractivity contribution < 1.29 is 13.2 Å². The Labute approximate surface area is 138 Å². The molecule has 0 aromatic heterocycles. The van der Waals surface area contributed by atoms with Gasteiger partial charge in [-0.2, -0.15) is 0 Å². The molecule has 0 aliphatic rings. The molecule has 0 radical (unpaired) electrons. The Kier molecular flexibility index (Phi) is 6.88. The minimum absolute atomic E-state index is 0.0123. The van der Waals surface area contributed by atoms with Crippen LogP contribution in [0.25, 0.3) is 0 Å². The summed E-state index contributed by atoms with van der Waals surface area (Å²) in [6.45, 7) is 7.15. The first-order valence-corrected chi connectivity index (χ1v) is 9.70. The minimum Gasteiger partial charge on any atom is -0.324 e. The van der Waals surface area contributed by atoms with Crippen molar-refractivity contribution in [1.82, 2.24) is 0 Å². The fourth-order valence-electron chi connectivity index (χ4n) is 2.32. The lowest BCUT2D eigenvalue weighted by molar-refractivity contribution is -0.115. The fourth-order valence-corrected chi connectivity index (χ4v) is 3.91. The molecular weight excluding hydrogens is 322 g/mol. The molecule has 0 spiro atoms. The maximum absolute atomic E-state index is 12.3. The molecule has 1 aromatic carbocycles. The Morgan fingerprint density at radius 3 is 2.36 bits per heavy atom. The van der Waals surface area contributed by atoms with Gasteiger partial charge in [-0.15, -0.1) is 0 Å². The van der Waals surface area contributed by atoms with Crippen molar-refractivity contribution >= 4 is 33.0 Å². The highest BCUT2D eigenvalue weighted by molar-refractivity contribution is 7.92. The van der Waals surface area contributed by atoms with E-state index in [1.807, 2.05) is 26.0 Å². The lowest BCUT2D eigenvalue weighted by Gasteiger charge is -2.18. The quantitative estimate of drug-likeness (QED) is 0.820. The Balaban J connectivity index is 3.14. The molecule has 1 amide bonds. The van der Waals surface area contributed by atoms with Crippen LogP contribution in [0.5, 0.6) is 0 Å². The number of amides is 1.